The second-order valence-corrected chi connectivity index (χ2v) is 3.58. The Hall–Kier alpha value is -1.27. The van der Waals surface area contributed by atoms with Crippen molar-refractivity contribution in [1.82, 2.24) is 9.19 Å². The van der Waals surface area contributed by atoms with E-state index >= 15 is 0 Å². The summed E-state index contributed by atoms with van der Waals surface area (Å²) in [4.78, 5) is 0. The molecule has 0 saturated carbocycles. The van der Waals surface area contributed by atoms with E-state index in [2.05, 4.69) is 5.10 Å². The number of hydrogen-bond acceptors (Lipinski definition) is 4. The molecule has 0 unspecified atom stereocenters. The van der Waals surface area contributed by atoms with Gasteiger partial charge in [-0.05, 0) is 18.2 Å². The first-order valence-electron chi connectivity index (χ1n) is 4.31. The number of halogens is 1. The Labute approximate surface area is 90.6 Å². The van der Waals surface area contributed by atoms with Crippen molar-refractivity contribution in [3.05, 3.63) is 23.9 Å². The summed E-state index contributed by atoms with van der Waals surface area (Å²) in [7, 11) is 1.57. The highest BCUT2D eigenvalue weighted by Crippen LogP contribution is 2.25. The number of nitrogens with zero attached hydrogens (tertiary/aromatic N) is 2. The van der Waals surface area contributed by atoms with Crippen molar-refractivity contribution in [1.29, 1.82) is 0 Å². The van der Waals surface area contributed by atoms with Crippen LogP contribution in [-0.2, 0) is 11.3 Å². The van der Waals surface area contributed by atoms with Crippen LogP contribution in [0.25, 0.3) is 10.9 Å². The summed E-state index contributed by atoms with van der Waals surface area (Å²) in [6.07, 6.45) is 0. The van der Waals surface area contributed by atoms with E-state index < -0.39 is 0 Å². The minimum atomic E-state index is 0.0481. The van der Waals surface area contributed by atoms with Crippen molar-refractivity contribution in [2.75, 3.05) is 12.8 Å². The molecule has 0 fully saturated rings. The lowest BCUT2D eigenvalue weighted by atomic mass is 10.2. The molecule has 0 atom stereocenters. The van der Waals surface area contributed by atoms with Crippen molar-refractivity contribution in [2.24, 2.45) is 0 Å². The number of rotatable bonds is 3. The van der Waals surface area contributed by atoms with Gasteiger partial charge in [0.1, 0.15) is 0 Å². The first kappa shape index (κ1) is 10.3. The zero-order chi connectivity index (χ0) is 10.8. The number of hydrogen-bond donors (Lipinski definition) is 1. The van der Waals surface area contributed by atoms with Gasteiger partial charge < -0.3 is 10.5 Å². The van der Waals surface area contributed by atoms with Crippen LogP contribution in [0, 0.1) is 0 Å². The molecule has 2 rings (SSSR count). The van der Waals surface area contributed by atoms with Crippen LogP contribution >= 0.6 is 12.3 Å². The molecular weight excluding hydrogens is 217 g/mol. The van der Waals surface area contributed by atoms with E-state index in [9.17, 15) is 3.89 Å². The Morgan fingerprint density at radius 1 is 1.60 bits per heavy atom. The van der Waals surface area contributed by atoms with Crippen molar-refractivity contribution in [2.45, 2.75) is 6.61 Å². The van der Waals surface area contributed by atoms with Gasteiger partial charge in [-0.2, -0.15) is 9.19 Å². The van der Waals surface area contributed by atoms with E-state index in [4.69, 9.17) is 10.5 Å². The quantitative estimate of drug-likeness (QED) is 0.816. The molecule has 0 saturated heterocycles. The molecule has 2 N–H and O–H groups in total. The number of aromatic nitrogens is 2. The van der Waals surface area contributed by atoms with Gasteiger partial charge in [-0.3, -0.25) is 0 Å². The molecule has 0 radical (unpaired) electrons. The van der Waals surface area contributed by atoms with Crippen LogP contribution in [0.15, 0.2) is 18.2 Å². The third-order valence-corrected chi connectivity index (χ3v) is 2.51. The highest BCUT2D eigenvalue weighted by molar-refractivity contribution is 7.92. The summed E-state index contributed by atoms with van der Waals surface area (Å²) >= 11 is 0.0481. The molecule has 4 nitrogen and oxygen atoms in total. The predicted molar refractivity (Wildman–Crippen MR) is 59.0 cm³/mol. The molecule has 0 spiro atoms. The third-order valence-electron chi connectivity index (χ3n) is 2.10. The summed E-state index contributed by atoms with van der Waals surface area (Å²) in [5.74, 6) is 0. The van der Waals surface area contributed by atoms with Gasteiger partial charge in [-0.15, -0.1) is 3.89 Å². The van der Waals surface area contributed by atoms with Gasteiger partial charge in [0, 0.05) is 18.2 Å². The van der Waals surface area contributed by atoms with E-state index in [1.54, 1.807) is 19.2 Å². The monoisotopic (exact) mass is 227 g/mol. The molecule has 0 amide bonds. The molecule has 0 bridgehead atoms. The predicted octanol–water partition coefficient (Wildman–Crippen LogP) is 2.15. The Kier molecular flexibility index (Phi) is 2.79. The van der Waals surface area contributed by atoms with Crippen LogP contribution in [0.4, 0.5) is 9.57 Å². The molecule has 0 aliphatic heterocycles. The molecule has 6 heteroatoms. The van der Waals surface area contributed by atoms with Gasteiger partial charge in [0.05, 0.1) is 17.8 Å². The van der Waals surface area contributed by atoms with E-state index in [0.29, 0.717) is 23.5 Å². The minimum absolute atomic E-state index is 0.0481. The number of methoxy groups -OCH3 is 1. The van der Waals surface area contributed by atoms with Crippen LogP contribution in [0.5, 0.6) is 0 Å². The number of ether oxygens (including phenoxy) is 1. The van der Waals surface area contributed by atoms with Crippen molar-refractivity contribution >= 4 is 28.9 Å². The molecule has 15 heavy (non-hydrogen) atoms. The fourth-order valence-electron chi connectivity index (χ4n) is 1.46. The average Bonchev–Trinajstić information content (AvgIpc) is 2.56. The number of fused-ring (bicyclic) bond motifs is 1. The fraction of sp³-hybridized carbons (Fsp3) is 0.222. The van der Waals surface area contributed by atoms with E-state index in [1.807, 2.05) is 6.07 Å². The lowest BCUT2D eigenvalue weighted by Crippen LogP contribution is -1.90. The lowest BCUT2D eigenvalue weighted by molar-refractivity contribution is 0.182. The summed E-state index contributed by atoms with van der Waals surface area (Å²) < 4.78 is 18.8. The summed E-state index contributed by atoms with van der Waals surface area (Å²) in [5, 5.41) is 4.92. The zero-order valence-corrected chi connectivity index (χ0v) is 8.92. The zero-order valence-electron chi connectivity index (χ0n) is 8.11. The summed E-state index contributed by atoms with van der Waals surface area (Å²) in [6, 6.07) is 5.27. The molecular formula is C9H10FN3OS. The van der Waals surface area contributed by atoms with Crippen LogP contribution in [-0.4, -0.2) is 16.3 Å². The van der Waals surface area contributed by atoms with Crippen molar-refractivity contribution in [3.63, 3.8) is 0 Å². The summed E-state index contributed by atoms with van der Waals surface area (Å²) in [6.45, 7) is 0.355. The van der Waals surface area contributed by atoms with Gasteiger partial charge in [0.15, 0.2) is 12.3 Å². The average molecular weight is 227 g/mol. The molecule has 0 aliphatic carbocycles. The van der Waals surface area contributed by atoms with E-state index in [0.717, 1.165) is 5.39 Å². The van der Waals surface area contributed by atoms with Crippen LogP contribution in [0.2, 0.25) is 0 Å². The first-order valence-corrected chi connectivity index (χ1v) is 4.99. The molecule has 1 aromatic carbocycles. The molecule has 1 heterocycles. The molecule has 2 aromatic rings. The van der Waals surface area contributed by atoms with Gasteiger partial charge in [-0.25, -0.2) is 0 Å². The number of benzene rings is 1. The highest BCUT2D eigenvalue weighted by atomic mass is 32.2. The van der Waals surface area contributed by atoms with Gasteiger partial charge in [0.25, 0.3) is 0 Å². The second kappa shape index (κ2) is 4.08. The van der Waals surface area contributed by atoms with E-state index in [-0.39, 0.29) is 12.3 Å². The lowest BCUT2D eigenvalue weighted by Gasteiger charge is -1.96. The number of anilines is 1. The molecule has 80 valence electrons. The maximum Gasteiger partial charge on any atom is 0.188 e. The normalized spacial score (nSPS) is 11.1. The van der Waals surface area contributed by atoms with Crippen molar-refractivity contribution in [3.8, 4) is 0 Å². The van der Waals surface area contributed by atoms with Gasteiger partial charge in [0.2, 0.25) is 0 Å². The Bertz CT molecular complexity index is 485. The second-order valence-electron chi connectivity index (χ2n) is 3.10. The van der Waals surface area contributed by atoms with Crippen molar-refractivity contribution < 1.29 is 8.62 Å². The van der Waals surface area contributed by atoms with Gasteiger partial charge in [-0.1, -0.05) is 0 Å². The standard InChI is InChI=1S/C9H10FN3OS/c1-14-5-8-7-3-2-6(11)4-9(7)13(12-8)15-10/h2-4H,5,11H2,1H3. The summed E-state index contributed by atoms with van der Waals surface area (Å²) in [5.41, 5.74) is 7.58. The van der Waals surface area contributed by atoms with Gasteiger partial charge >= 0.3 is 0 Å². The first-order chi connectivity index (χ1) is 7.26. The minimum Gasteiger partial charge on any atom is -0.399 e. The maximum absolute atomic E-state index is 12.6. The largest absolute Gasteiger partial charge is 0.399 e. The van der Waals surface area contributed by atoms with Crippen LogP contribution < -0.4 is 5.73 Å². The Morgan fingerprint density at radius 2 is 2.40 bits per heavy atom. The Balaban J connectivity index is 2.64. The topological polar surface area (TPSA) is 53.1 Å². The Morgan fingerprint density at radius 3 is 3.07 bits per heavy atom. The molecule has 1 aromatic heterocycles. The van der Waals surface area contributed by atoms with Crippen LogP contribution in [0.3, 0.4) is 0 Å². The maximum atomic E-state index is 12.6. The number of nitrogen functional groups attached to an aromatic ring is 1. The fourth-order valence-corrected chi connectivity index (χ4v) is 1.82. The smallest absolute Gasteiger partial charge is 0.188 e. The van der Waals surface area contributed by atoms with E-state index in [1.165, 1.54) is 4.09 Å². The number of nitrogens with two attached hydrogens (primary N) is 1. The van der Waals surface area contributed by atoms with Crippen LogP contribution in [0.1, 0.15) is 5.69 Å². The SMILES string of the molecule is COCc1nn(SF)c2cc(N)ccc12. The highest BCUT2D eigenvalue weighted by Gasteiger charge is 2.10. The molecule has 0 aliphatic rings. The third kappa shape index (κ3) is 1.78.